The van der Waals surface area contributed by atoms with Gasteiger partial charge in [-0.05, 0) is 18.1 Å². The van der Waals surface area contributed by atoms with Gasteiger partial charge in [0.15, 0.2) is 0 Å². The third-order valence-electron chi connectivity index (χ3n) is 1.14. The molecule has 56 valence electrons. The van der Waals surface area contributed by atoms with Gasteiger partial charge in [0.1, 0.15) is 0 Å². The molecule has 0 rings (SSSR count). The molecule has 0 N–H and O–H groups in total. The molecular formula is C9H13Cl. The van der Waals surface area contributed by atoms with Gasteiger partial charge in [-0.15, -0.1) is 0 Å². The Morgan fingerprint density at radius 2 is 2.20 bits per heavy atom. The maximum atomic E-state index is 5.57. The van der Waals surface area contributed by atoms with Gasteiger partial charge in [-0.25, -0.2) is 0 Å². The molecule has 0 saturated heterocycles. The lowest BCUT2D eigenvalue weighted by atomic mass is 10.1. The van der Waals surface area contributed by atoms with Gasteiger partial charge in [0, 0.05) is 5.03 Å². The minimum atomic E-state index is 0.573. The Bertz CT molecular complexity index is 154. The predicted octanol–water partition coefficient (Wildman–Crippen LogP) is 3.65. The first-order valence-electron chi connectivity index (χ1n) is 3.38. The summed E-state index contributed by atoms with van der Waals surface area (Å²) in [7, 11) is 0. The van der Waals surface area contributed by atoms with Crippen molar-refractivity contribution in [2.75, 3.05) is 0 Å². The van der Waals surface area contributed by atoms with Crippen LogP contribution in [-0.4, -0.2) is 0 Å². The fourth-order valence-electron chi connectivity index (χ4n) is 0.723. The van der Waals surface area contributed by atoms with Crippen molar-refractivity contribution in [2.24, 2.45) is 0 Å². The zero-order valence-corrected chi connectivity index (χ0v) is 7.12. The van der Waals surface area contributed by atoms with Crippen molar-refractivity contribution in [2.45, 2.75) is 19.8 Å². The second kappa shape index (κ2) is 5.31. The molecule has 0 nitrogen and oxygen atoms in total. The molecule has 0 radical (unpaired) electrons. The molecular weight excluding hydrogens is 144 g/mol. The highest BCUT2D eigenvalue weighted by atomic mass is 35.5. The van der Waals surface area contributed by atoms with E-state index in [1.807, 2.05) is 12.2 Å². The summed E-state index contributed by atoms with van der Waals surface area (Å²) in [5.74, 6) is 0. The first-order chi connectivity index (χ1) is 4.70. The standard InChI is InChI=1S/C9H13Cl/c1-4-6-9(5-2)7-8(3)10/h5,7H,2-4,6H2,1H3/b9-7+. The van der Waals surface area contributed by atoms with E-state index in [-0.39, 0.29) is 0 Å². The predicted molar refractivity (Wildman–Crippen MR) is 48.2 cm³/mol. The Hall–Kier alpha value is -0.490. The summed E-state index contributed by atoms with van der Waals surface area (Å²) in [6.07, 6.45) is 5.80. The van der Waals surface area contributed by atoms with Gasteiger partial charge < -0.3 is 0 Å². The highest BCUT2D eigenvalue weighted by Gasteiger charge is 1.88. The van der Waals surface area contributed by atoms with Gasteiger partial charge in [0.05, 0.1) is 0 Å². The number of halogens is 1. The van der Waals surface area contributed by atoms with Crippen LogP contribution in [0.25, 0.3) is 0 Å². The number of allylic oxidation sites excluding steroid dienone is 4. The molecule has 0 aromatic carbocycles. The van der Waals surface area contributed by atoms with Gasteiger partial charge in [-0.3, -0.25) is 0 Å². The smallest absolute Gasteiger partial charge is 0.0336 e. The van der Waals surface area contributed by atoms with Crippen molar-refractivity contribution in [3.8, 4) is 0 Å². The van der Waals surface area contributed by atoms with Crippen LogP contribution < -0.4 is 0 Å². The zero-order valence-electron chi connectivity index (χ0n) is 6.36. The van der Waals surface area contributed by atoms with Crippen LogP contribution in [0, 0.1) is 0 Å². The van der Waals surface area contributed by atoms with E-state index in [1.54, 1.807) is 0 Å². The van der Waals surface area contributed by atoms with Crippen molar-refractivity contribution in [1.29, 1.82) is 0 Å². The van der Waals surface area contributed by atoms with E-state index in [4.69, 9.17) is 11.6 Å². The first kappa shape index (κ1) is 9.51. The largest absolute Gasteiger partial charge is 0.0988 e. The second-order valence-electron chi connectivity index (χ2n) is 2.12. The van der Waals surface area contributed by atoms with Gasteiger partial charge in [0.25, 0.3) is 0 Å². The molecule has 0 fully saturated rings. The minimum Gasteiger partial charge on any atom is -0.0988 e. The lowest BCUT2D eigenvalue weighted by molar-refractivity contribution is 0.927. The average Bonchev–Trinajstić information content (AvgIpc) is 1.86. The first-order valence-corrected chi connectivity index (χ1v) is 3.76. The van der Waals surface area contributed by atoms with Gasteiger partial charge in [0.2, 0.25) is 0 Å². The van der Waals surface area contributed by atoms with Crippen molar-refractivity contribution in [3.05, 3.63) is 35.9 Å². The molecule has 0 spiro atoms. The maximum Gasteiger partial charge on any atom is 0.0336 e. The van der Waals surface area contributed by atoms with Crippen LogP contribution in [-0.2, 0) is 0 Å². The van der Waals surface area contributed by atoms with E-state index in [0.29, 0.717) is 5.03 Å². The van der Waals surface area contributed by atoms with Crippen molar-refractivity contribution >= 4 is 11.6 Å². The van der Waals surface area contributed by atoms with E-state index in [1.165, 1.54) is 0 Å². The van der Waals surface area contributed by atoms with Gasteiger partial charge in [-0.1, -0.05) is 44.2 Å². The number of rotatable bonds is 4. The van der Waals surface area contributed by atoms with Crippen LogP contribution in [0.15, 0.2) is 35.9 Å². The topological polar surface area (TPSA) is 0 Å². The van der Waals surface area contributed by atoms with Crippen molar-refractivity contribution in [3.63, 3.8) is 0 Å². The van der Waals surface area contributed by atoms with Crippen LogP contribution >= 0.6 is 11.6 Å². The van der Waals surface area contributed by atoms with Crippen LogP contribution in [0.4, 0.5) is 0 Å². The third kappa shape index (κ3) is 4.39. The molecule has 1 heteroatoms. The summed E-state index contributed by atoms with van der Waals surface area (Å²) in [5.41, 5.74) is 1.16. The lowest BCUT2D eigenvalue weighted by Gasteiger charge is -1.96. The Morgan fingerprint density at radius 1 is 1.60 bits per heavy atom. The SMILES string of the molecule is C=C/C(=C\C(=C)Cl)CCC. The molecule has 0 aliphatic carbocycles. The lowest BCUT2D eigenvalue weighted by Crippen LogP contribution is -1.76. The van der Waals surface area contributed by atoms with E-state index < -0.39 is 0 Å². The summed E-state index contributed by atoms with van der Waals surface area (Å²) >= 11 is 5.57. The molecule has 0 amide bonds. The Balaban J connectivity index is 4.03. The fraction of sp³-hybridized carbons (Fsp3) is 0.333. The second-order valence-corrected chi connectivity index (χ2v) is 2.61. The van der Waals surface area contributed by atoms with Gasteiger partial charge >= 0.3 is 0 Å². The van der Waals surface area contributed by atoms with E-state index in [9.17, 15) is 0 Å². The number of hydrogen-bond acceptors (Lipinski definition) is 0. The molecule has 0 heterocycles. The van der Waals surface area contributed by atoms with E-state index >= 15 is 0 Å². The highest BCUT2D eigenvalue weighted by Crippen LogP contribution is 2.10. The quantitative estimate of drug-likeness (QED) is 0.545. The Labute approximate surface area is 67.9 Å². The normalized spacial score (nSPS) is 11.2. The maximum absolute atomic E-state index is 5.57. The van der Waals surface area contributed by atoms with Crippen LogP contribution in [0.1, 0.15) is 19.8 Å². The molecule has 0 aromatic rings. The molecule has 0 aromatic heterocycles. The average molecular weight is 157 g/mol. The van der Waals surface area contributed by atoms with Crippen molar-refractivity contribution in [1.82, 2.24) is 0 Å². The monoisotopic (exact) mass is 156 g/mol. The summed E-state index contributed by atoms with van der Waals surface area (Å²) < 4.78 is 0. The van der Waals surface area contributed by atoms with Gasteiger partial charge in [-0.2, -0.15) is 0 Å². The summed E-state index contributed by atoms with van der Waals surface area (Å²) in [6.45, 7) is 9.35. The molecule has 0 bridgehead atoms. The summed E-state index contributed by atoms with van der Waals surface area (Å²) in [5, 5.41) is 0.573. The van der Waals surface area contributed by atoms with Crippen LogP contribution in [0.2, 0.25) is 0 Å². The fourth-order valence-corrected chi connectivity index (χ4v) is 0.863. The summed E-state index contributed by atoms with van der Waals surface area (Å²) in [4.78, 5) is 0. The highest BCUT2D eigenvalue weighted by molar-refractivity contribution is 6.30. The molecule has 0 unspecified atom stereocenters. The van der Waals surface area contributed by atoms with E-state index in [0.717, 1.165) is 18.4 Å². The van der Waals surface area contributed by atoms with Crippen LogP contribution in [0.5, 0.6) is 0 Å². The molecule has 0 aliphatic heterocycles. The molecule has 0 atom stereocenters. The molecule has 10 heavy (non-hydrogen) atoms. The van der Waals surface area contributed by atoms with Crippen LogP contribution in [0.3, 0.4) is 0 Å². The molecule has 0 aliphatic rings. The zero-order chi connectivity index (χ0) is 7.98. The van der Waals surface area contributed by atoms with E-state index in [2.05, 4.69) is 20.1 Å². The van der Waals surface area contributed by atoms with Crippen molar-refractivity contribution < 1.29 is 0 Å². The summed E-state index contributed by atoms with van der Waals surface area (Å²) in [6, 6.07) is 0. The molecule has 0 saturated carbocycles. The Kier molecular flexibility index (Phi) is 5.05. The Morgan fingerprint density at radius 3 is 2.50 bits per heavy atom. The number of hydrogen-bond donors (Lipinski definition) is 0. The minimum absolute atomic E-state index is 0.573. The third-order valence-corrected chi connectivity index (χ3v) is 1.25.